The lowest BCUT2D eigenvalue weighted by Crippen LogP contribution is -2.29. The van der Waals surface area contributed by atoms with Crippen molar-refractivity contribution in [2.45, 2.75) is 27.2 Å². The third kappa shape index (κ3) is 5.63. The van der Waals surface area contributed by atoms with Crippen LogP contribution in [0.25, 0.3) is 0 Å². The van der Waals surface area contributed by atoms with Gasteiger partial charge in [-0.05, 0) is 44.6 Å². The molecule has 1 rings (SSSR count). The van der Waals surface area contributed by atoms with E-state index in [0.29, 0.717) is 17.9 Å². The first-order valence-electron chi connectivity index (χ1n) is 7.65. The van der Waals surface area contributed by atoms with Crippen molar-refractivity contribution in [2.24, 2.45) is 0 Å². The van der Waals surface area contributed by atoms with Gasteiger partial charge < -0.3 is 20.7 Å². The molecule has 118 valence electrons. The number of carbonyl (C=O) groups excluding carboxylic acids is 1. The van der Waals surface area contributed by atoms with Crippen LogP contribution in [0.1, 0.15) is 37.6 Å². The molecule has 0 radical (unpaired) electrons. The van der Waals surface area contributed by atoms with Gasteiger partial charge in [0.05, 0.1) is 12.2 Å². The number of esters is 1. The van der Waals surface area contributed by atoms with Crippen molar-refractivity contribution in [3.63, 3.8) is 0 Å². The number of benzene rings is 1. The minimum Gasteiger partial charge on any atom is -0.462 e. The average molecular weight is 293 g/mol. The van der Waals surface area contributed by atoms with E-state index in [2.05, 4.69) is 24.1 Å². The maximum Gasteiger partial charge on any atom is 0.340 e. The zero-order valence-corrected chi connectivity index (χ0v) is 13.3. The summed E-state index contributed by atoms with van der Waals surface area (Å²) < 4.78 is 5.00. The third-order valence-corrected chi connectivity index (χ3v) is 3.29. The van der Waals surface area contributed by atoms with Gasteiger partial charge >= 0.3 is 5.97 Å². The predicted octanol–water partition coefficient (Wildman–Crippen LogP) is 2.59. The van der Waals surface area contributed by atoms with Gasteiger partial charge in [0.2, 0.25) is 0 Å². The summed E-state index contributed by atoms with van der Waals surface area (Å²) in [5.74, 6) is -0.375. The van der Waals surface area contributed by atoms with Crippen LogP contribution in [-0.4, -0.2) is 43.7 Å². The zero-order valence-electron chi connectivity index (χ0n) is 13.3. The van der Waals surface area contributed by atoms with Crippen LogP contribution in [0.4, 0.5) is 11.4 Å². The number of ether oxygens (including phenoxy) is 1. The van der Waals surface area contributed by atoms with E-state index in [1.807, 2.05) is 6.07 Å². The summed E-state index contributed by atoms with van der Waals surface area (Å²) in [6.45, 7) is 10.4. The quantitative estimate of drug-likeness (QED) is 0.541. The molecule has 5 nitrogen and oxygen atoms in total. The van der Waals surface area contributed by atoms with Gasteiger partial charge in [-0.2, -0.15) is 0 Å². The van der Waals surface area contributed by atoms with Gasteiger partial charge in [0, 0.05) is 24.5 Å². The van der Waals surface area contributed by atoms with Crippen LogP contribution in [0.15, 0.2) is 18.2 Å². The lowest BCUT2D eigenvalue weighted by molar-refractivity contribution is 0.0527. The van der Waals surface area contributed by atoms with Crippen molar-refractivity contribution < 1.29 is 9.53 Å². The summed E-state index contributed by atoms with van der Waals surface area (Å²) >= 11 is 0. The second kappa shape index (κ2) is 9.23. The van der Waals surface area contributed by atoms with E-state index in [1.165, 1.54) is 0 Å². The van der Waals surface area contributed by atoms with Crippen molar-refractivity contribution in [1.29, 1.82) is 0 Å². The molecular weight excluding hydrogens is 266 g/mol. The highest BCUT2D eigenvalue weighted by Crippen LogP contribution is 2.18. The fourth-order valence-electron chi connectivity index (χ4n) is 2.15. The topological polar surface area (TPSA) is 67.6 Å². The van der Waals surface area contributed by atoms with Gasteiger partial charge in [-0.15, -0.1) is 0 Å². The summed E-state index contributed by atoms with van der Waals surface area (Å²) in [5.41, 5.74) is 7.57. The molecule has 0 spiro atoms. The second-order valence-corrected chi connectivity index (χ2v) is 4.88. The van der Waals surface area contributed by atoms with Crippen molar-refractivity contribution in [1.82, 2.24) is 4.90 Å². The molecule has 0 amide bonds. The smallest absolute Gasteiger partial charge is 0.340 e. The SMILES string of the molecule is CCCN(CC)CCNc1ccc(N)c(C(=O)OCC)c1. The van der Waals surface area contributed by atoms with E-state index >= 15 is 0 Å². The molecule has 0 aliphatic carbocycles. The van der Waals surface area contributed by atoms with Crippen molar-refractivity contribution in [2.75, 3.05) is 43.8 Å². The summed E-state index contributed by atoms with van der Waals surface area (Å²) in [4.78, 5) is 14.2. The van der Waals surface area contributed by atoms with Crippen LogP contribution in [0, 0.1) is 0 Å². The molecule has 1 aromatic carbocycles. The summed E-state index contributed by atoms with van der Waals surface area (Å²) in [6.07, 6.45) is 1.16. The number of nitrogens with two attached hydrogens (primary N) is 1. The molecule has 0 aliphatic heterocycles. The highest BCUT2D eigenvalue weighted by molar-refractivity contribution is 5.96. The molecule has 0 aliphatic rings. The largest absolute Gasteiger partial charge is 0.462 e. The Hall–Kier alpha value is -1.75. The van der Waals surface area contributed by atoms with E-state index in [0.717, 1.165) is 38.3 Å². The van der Waals surface area contributed by atoms with Gasteiger partial charge in [0.1, 0.15) is 0 Å². The number of carbonyl (C=O) groups is 1. The van der Waals surface area contributed by atoms with Gasteiger partial charge in [0.15, 0.2) is 0 Å². The average Bonchev–Trinajstić information content (AvgIpc) is 2.48. The minimum atomic E-state index is -0.375. The molecule has 0 bridgehead atoms. The van der Waals surface area contributed by atoms with E-state index in [4.69, 9.17) is 10.5 Å². The summed E-state index contributed by atoms with van der Waals surface area (Å²) in [5, 5.41) is 3.33. The molecule has 21 heavy (non-hydrogen) atoms. The Labute approximate surface area is 127 Å². The maximum absolute atomic E-state index is 11.8. The van der Waals surface area contributed by atoms with Crippen LogP contribution in [0.3, 0.4) is 0 Å². The first-order valence-corrected chi connectivity index (χ1v) is 7.65. The Morgan fingerprint density at radius 2 is 2.05 bits per heavy atom. The highest BCUT2D eigenvalue weighted by atomic mass is 16.5. The number of hydrogen-bond donors (Lipinski definition) is 2. The minimum absolute atomic E-state index is 0.346. The van der Waals surface area contributed by atoms with Gasteiger partial charge in [0.25, 0.3) is 0 Å². The van der Waals surface area contributed by atoms with Crippen molar-refractivity contribution in [3.8, 4) is 0 Å². The third-order valence-electron chi connectivity index (χ3n) is 3.29. The standard InChI is InChI=1S/C16H27N3O2/c1-4-10-19(5-2)11-9-18-13-7-8-15(17)14(12-13)16(20)21-6-3/h7-8,12,18H,4-6,9-11,17H2,1-3H3. The fraction of sp³-hybridized carbons (Fsp3) is 0.562. The number of hydrogen-bond acceptors (Lipinski definition) is 5. The number of rotatable bonds is 9. The molecule has 0 heterocycles. The Morgan fingerprint density at radius 1 is 1.29 bits per heavy atom. The summed E-state index contributed by atoms with van der Waals surface area (Å²) in [7, 11) is 0. The number of nitrogen functional groups attached to an aromatic ring is 1. The molecule has 0 unspecified atom stereocenters. The molecule has 0 saturated carbocycles. The Bertz CT molecular complexity index is 449. The Kier molecular flexibility index (Phi) is 7.61. The number of nitrogens with zero attached hydrogens (tertiary/aromatic N) is 1. The van der Waals surface area contributed by atoms with Crippen LogP contribution < -0.4 is 11.1 Å². The molecule has 3 N–H and O–H groups in total. The normalized spacial score (nSPS) is 10.7. The highest BCUT2D eigenvalue weighted by Gasteiger charge is 2.11. The lowest BCUT2D eigenvalue weighted by Gasteiger charge is -2.20. The Balaban J connectivity index is 2.60. The summed E-state index contributed by atoms with van der Waals surface area (Å²) in [6, 6.07) is 5.37. The van der Waals surface area contributed by atoms with Crippen molar-refractivity contribution in [3.05, 3.63) is 23.8 Å². The Morgan fingerprint density at radius 3 is 2.67 bits per heavy atom. The number of nitrogens with one attached hydrogen (secondary N) is 1. The molecule has 5 heteroatoms. The molecular formula is C16H27N3O2. The number of likely N-dealkylation sites (N-methyl/N-ethyl adjacent to an activating group) is 1. The van der Waals surface area contributed by atoms with E-state index < -0.39 is 0 Å². The monoisotopic (exact) mass is 293 g/mol. The van der Waals surface area contributed by atoms with E-state index in [1.54, 1.807) is 19.1 Å². The molecule has 1 aromatic rings. The van der Waals surface area contributed by atoms with Crippen LogP contribution in [0.5, 0.6) is 0 Å². The van der Waals surface area contributed by atoms with E-state index in [9.17, 15) is 4.79 Å². The first-order chi connectivity index (χ1) is 10.1. The van der Waals surface area contributed by atoms with Gasteiger partial charge in [-0.25, -0.2) is 4.79 Å². The molecule has 0 fully saturated rings. The van der Waals surface area contributed by atoms with Gasteiger partial charge in [-0.3, -0.25) is 0 Å². The second-order valence-electron chi connectivity index (χ2n) is 4.88. The molecule has 0 aromatic heterocycles. The molecule has 0 atom stereocenters. The van der Waals surface area contributed by atoms with E-state index in [-0.39, 0.29) is 5.97 Å². The van der Waals surface area contributed by atoms with Gasteiger partial charge in [-0.1, -0.05) is 13.8 Å². The maximum atomic E-state index is 11.8. The van der Waals surface area contributed by atoms with Crippen LogP contribution in [0.2, 0.25) is 0 Å². The first kappa shape index (κ1) is 17.3. The van der Waals surface area contributed by atoms with Crippen LogP contribution >= 0.6 is 0 Å². The fourth-order valence-corrected chi connectivity index (χ4v) is 2.15. The molecule has 0 saturated heterocycles. The van der Waals surface area contributed by atoms with Crippen molar-refractivity contribution >= 4 is 17.3 Å². The predicted molar refractivity (Wildman–Crippen MR) is 87.7 cm³/mol. The van der Waals surface area contributed by atoms with Crippen LogP contribution in [-0.2, 0) is 4.74 Å². The lowest BCUT2D eigenvalue weighted by atomic mass is 10.1. The zero-order chi connectivity index (χ0) is 15.7. The number of anilines is 2.